The number of ether oxygens (including phenoxy) is 2. The van der Waals surface area contributed by atoms with Crippen LogP contribution in [0.25, 0.3) is 0 Å². The molecule has 146 valence electrons. The highest BCUT2D eigenvalue weighted by Crippen LogP contribution is 2.12. The molecular formula is C19H31FN4O2. The summed E-state index contributed by atoms with van der Waals surface area (Å²) >= 11 is 0. The van der Waals surface area contributed by atoms with Gasteiger partial charge < -0.3 is 20.1 Å². The summed E-state index contributed by atoms with van der Waals surface area (Å²) < 4.78 is 24.1. The van der Waals surface area contributed by atoms with Gasteiger partial charge in [0.25, 0.3) is 0 Å². The largest absolute Gasteiger partial charge is 0.489 e. The van der Waals surface area contributed by atoms with Crippen molar-refractivity contribution in [1.29, 1.82) is 0 Å². The maximum atomic E-state index is 12.9. The van der Waals surface area contributed by atoms with E-state index in [9.17, 15) is 4.39 Å². The van der Waals surface area contributed by atoms with Crippen LogP contribution >= 0.6 is 0 Å². The molecule has 2 atom stereocenters. The number of aliphatic imine (C=N–C) groups is 1. The Balaban J connectivity index is 1.79. The molecule has 26 heavy (non-hydrogen) atoms. The molecule has 1 aromatic rings. The molecule has 0 radical (unpaired) electrons. The van der Waals surface area contributed by atoms with Crippen LogP contribution < -0.4 is 15.4 Å². The predicted octanol–water partition coefficient (Wildman–Crippen LogP) is 1.87. The number of rotatable bonds is 8. The zero-order valence-electron chi connectivity index (χ0n) is 16.0. The number of guanidine groups is 1. The number of morpholine rings is 1. The highest BCUT2D eigenvalue weighted by Gasteiger charge is 2.16. The van der Waals surface area contributed by atoms with Gasteiger partial charge in [-0.25, -0.2) is 4.39 Å². The molecule has 7 heteroatoms. The number of nitrogens with one attached hydrogen (secondary N) is 2. The molecule has 1 heterocycles. The molecule has 1 aliphatic rings. The van der Waals surface area contributed by atoms with Gasteiger partial charge in [-0.05, 0) is 45.0 Å². The highest BCUT2D eigenvalue weighted by molar-refractivity contribution is 5.79. The Morgan fingerprint density at radius 2 is 1.92 bits per heavy atom. The van der Waals surface area contributed by atoms with Crippen molar-refractivity contribution in [3.8, 4) is 5.75 Å². The Morgan fingerprint density at radius 3 is 2.58 bits per heavy atom. The van der Waals surface area contributed by atoms with Crippen LogP contribution in [-0.2, 0) is 4.74 Å². The first kappa shape index (κ1) is 20.5. The highest BCUT2D eigenvalue weighted by atomic mass is 19.1. The normalized spacial score (nSPS) is 18.2. The number of nitrogens with zero attached hydrogens (tertiary/aromatic N) is 2. The molecular weight excluding hydrogens is 335 g/mol. The Kier molecular flexibility index (Phi) is 8.64. The molecule has 1 fully saturated rings. The lowest BCUT2D eigenvalue weighted by Crippen LogP contribution is -2.45. The van der Waals surface area contributed by atoms with Crippen LogP contribution in [0.1, 0.15) is 20.8 Å². The fraction of sp³-hybridized carbons (Fsp3) is 0.632. The Hall–Kier alpha value is -1.86. The van der Waals surface area contributed by atoms with E-state index in [4.69, 9.17) is 9.47 Å². The summed E-state index contributed by atoms with van der Waals surface area (Å²) in [5.74, 6) is 1.17. The van der Waals surface area contributed by atoms with E-state index in [1.807, 2.05) is 13.8 Å². The molecule has 0 aliphatic carbocycles. The second-order valence-electron chi connectivity index (χ2n) is 6.48. The van der Waals surface area contributed by atoms with Crippen LogP contribution in [0.2, 0.25) is 0 Å². The summed E-state index contributed by atoms with van der Waals surface area (Å²) in [5, 5.41) is 6.57. The maximum Gasteiger partial charge on any atom is 0.191 e. The summed E-state index contributed by atoms with van der Waals surface area (Å²) in [5.41, 5.74) is 0. The maximum absolute atomic E-state index is 12.9. The smallest absolute Gasteiger partial charge is 0.191 e. The Morgan fingerprint density at radius 1 is 1.23 bits per heavy atom. The molecule has 1 aliphatic heterocycles. The molecule has 0 saturated carbocycles. The first-order chi connectivity index (χ1) is 12.6. The molecule has 6 nitrogen and oxygen atoms in total. The molecule has 1 aromatic carbocycles. The monoisotopic (exact) mass is 366 g/mol. The number of hydrogen-bond donors (Lipinski definition) is 2. The van der Waals surface area contributed by atoms with Gasteiger partial charge in [-0.2, -0.15) is 0 Å². The minimum atomic E-state index is -0.265. The van der Waals surface area contributed by atoms with Crippen molar-refractivity contribution in [2.24, 2.45) is 4.99 Å². The standard InChI is InChI=1S/C19H31FN4O2/c1-4-21-19(22-13-15(2)24-9-11-25-12-10-24)23-14-16(3)26-18-7-5-17(20)6-8-18/h5-8,15-16H,4,9-14H2,1-3H3,(H2,21,22,23). The van der Waals surface area contributed by atoms with E-state index in [2.05, 4.69) is 27.4 Å². The third-order valence-electron chi connectivity index (χ3n) is 4.23. The van der Waals surface area contributed by atoms with Gasteiger partial charge in [0.15, 0.2) is 5.96 Å². The van der Waals surface area contributed by atoms with Crippen molar-refractivity contribution in [2.75, 3.05) is 45.9 Å². The average molecular weight is 366 g/mol. The Labute approximate surface area is 155 Å². The summed E-state index contributed by atoms with van der Waals surface area (Å²) in [6.45, 7) is 11.8. The summed E-state index contributed by atoms with van der Waals surface area (Å²) in [6, 6.07) is 6.44. The molecule has 0 spiro atoms. The van der Waals surface area contributed by atoms with E-state index in [1.165, 1.54) is 12.1 Å². The van der Waals surface area contributed by atoms with Crippen molar-refractivity contribution in [3.63, 3.8) is 0 Å². The zero-order chi connectivity index (χ0) is 18.8. The van der Waals surface area contributed by atoms with E-state index in [0.717, 1.165) is 45.4 Å². The van der Waals surface area contributed by atoms with E-state index < -0.39 is 0 Å². The van der Waals surface area contributed by atoms with Gasteiger partial charge in [0.2, 0.25) is 0 Å². The molecule has 0 amide bonds. The van der Waals surface area contributed by atoms with Gasteiger partial charge in [0, 0.05) is 25.7 Å². The Bertz CT molecular complexity index is 547. The van der Waals surface area contributed by atoms with Crippen LogP contribution in [0.4, 0.5) is 4.39 Å². The zero-order valence-corrected chi connectivity index (χ0v) is 16.0. The summed E-state index contributed by atoms with van der Waals surface area (Å²) in [4.78, 5) is 7.09. The molecule has 0 bridgehead atoms. The van der Waals surface area contributed by atoms with E-state index in [0.29, 0.717) is 18.3 Å². The lowest BCUT2D eigenvalue weighted by molar-refractivity contribution is 0.0220. The molecule has 2 N–H and O–H groups in total. The fourth-order valence-corrected chi connectivity index (χ4v) is 2.73. The van der Waals surface area contributed by atoms with Crippen molar-refractivity contribution in [3.05, 3.63) is 30.1 Å². The van der Waals surface area contributed by atoms with Crippen LogP contribution in [0.15, 0.2) is 29.3 Å². The number of benzene rings is 1. The van der Waals surface area contributed by atoms with Crippen molar-refractivity contribution in [2.45, 2.75) is 32.9 Å². The van der Waals surface area contributed by atoms with Crippen molar-refractivity contribution >= 4 is 5.96 Å². The van der Waals surface area contributed by atoms with Gasteiger partial charge in [0.1, 0.15) is 17.7 Å². The minimum Gasteiger partial charge on any atom is -0.489 e. The molecule has 2 unspecified atom stereocenters. The number of halogens is 1. The molecule has 0 aromatic heterocycles. The second kappa shape index (κ2) is 11.0. The molecule has 1 saturated heterocycles. The quantitative estimate of drug-likeness (QED) is 0.543. The fourth-order valence-electron chi connectivity index (χ4n) is 2.73. The van der Waals surface area contributed by atoms with Gasteiger partial charge in [0.05, 0.1) is 26.3 Å². The second-order valence-corrected chi connectivity index (χ2v) is 6.48. The first-order valence-electron chi connectivity index (χ1n) is 9.34. The van der Waals surface area contributed by atoms with Gasteiger partial charge in [-0.15, -0.1) is 0 Å². The SMILES string of the molecule is CCNC(=NCC(C)N1CCOCC1)NCC(C)Oc1ccc(F)cc1. The van der Waals surface area contributed by atoms with Crippen LogP contribution in [0, 0.1) is 5.82 Å². The average Bonchev–Trinajstić information content (AvgIpc) is 2.66. The summed E-state index contributed by atoms with van der Waals surface area (Å²) in [6.07, 6.45) is -0.0685. The summed E-state index contributed by atoms with van der Waals surface area (Å²) in [7, 11) is 0. The third kappa shape index (κ3) is 7.17. The van der Waals surface area contributed by atoms with E-state index in [-0.39, 0.29) is 11.9 Å². The van der Waals surface area contributed by atoms with Crippen LogP contribution in [0.5, 0.6) is 5.75 Å². The van der Waals surface area contributed by atoms with Crippen molar-refractivity contribution < 1.29 is 13.9 Å². The minimum absolute atomic E-state index is 0.0685. The van der Waals surface area contributed by atoms with Gasteiger partial charge in [-0.3, -0.25) is 9.89 Å². The predicted molar refractivity (Wildman–Crippen MR) is 102 cm³/mol. The van der Waals surface area contributed by atoms with Crippen LogP contribution in [0.3, 0.4) is 0 Å². The first-order valence-corrected chi connectivity index (χ1v) is 9.34. The third-order valence-corrected chi connectivity index (χ3v) is 4.23. The van der Waals surface area contributed by atoms with Gasteiger partial charge >= 0.3 is 0 Å². The molecule has 2 rings (SSSR count). The van der Waals surface area contributed by atoms with Crippen molar-refractivity contribution in [1.82, 2.24) is 15.5 Å². The topological polar surface area (TPSA) is 58.1 Å². The van der Waals surface area contributed by atoms with E-state index in [1.54, 1.807) is 12.1 Å². The van der Waals surface area contributed by atoms with E-state index >= 15 is 0 Å². The van der Waals surface area contributed by atoms with Gasteiger partial charge in [-0.1, -0.05) is 0 Å². The lowest BCUT2D eigenvalue weighted by atomic mass is 10.2. The lowest BCUT2D eigenvalue weighted by Gasteiger charge is -2.31. The van der Waals surface area contributed by atoms with Crippen LogP contribution in [-0.4, -0.2) is 68.9 Å². The number of hydrogen-bond acceptors (Lipinski definition) is 4.